The molecule has 1 rings (SSSR count). The van der Waals surface area contributed by atoms with E-state index < -0.39 is 5.97 Å². The van der Waals surface area contributed by atoms with Crippen molar-refractivity contribution in [3.8, 4) is 5.75 Å². The normalized spacial score (nSPS) is 9.47. The number of carboxylic acids is 1. The number of benzene rings is 1. The number of rotatable bonds is 7. The van der Waals surface area contributed by atoms with Gasteiger partial charge in [-0.1, -0.05) is 26.2 Å². The van der Waals surface area contributed by atoms with Crippen molar-refractivity contribution in [2.24, 2.45) is 0 Å². The molecular weight excluding hydrogens is 240 g/mol. The zero-order valence-corrected chi connectivity index (χ0v) is 10.7. The van der Waals surface area contributed by atoms with Gasteiger partial charge in [0, 0.05) is 0 Å². The highest BCUT2D eigenvalue weighted by molar-refractivity contribution is 5.85. The van der Waals surface area contributed by atoms with Crippen molar-refractivity contribution < 1.29 is 27.0 Å². The van der Waals surface area contributed by atoms with Gasteiger partial charge in [-0.2, -0.15) is 0 Å². The number of unbranched alkanes of at least 4 members (excludes halogenated alkanes) is 3. The Morgan fingerprint density at radius 2 is 1.82 bits per heavy atom. The van der Waals surface area contributed by atoms with Gasteiger partial charge in [0.2, 0.25) is 0 Å². The van der Waals surface area contributed by atoms with Crippen LogP contribution in [-0.2, 0) is 0 Å². The van der Waals surface area contributed by atoms with Crippen LogP contribution in [0.3, 0.4) is 0 Å². The molecule has 0 aromatic heterocycles. The quantitative estimate of drug-likeness (QED) is 0.589. The van der Waals surface area contributed by atoms with E-state index >= 15 is 0 Å². The first-order valence-electron chi connectivity index (χ1n) is 5.68. The van der Waals surface area contributed by atoms with E-state index in [1.807, 2.05) is 0 Å². The number of aromatic carboxylic acids is 1. The summed E-state index contributed by atoms with van der Waals surface area (Å²) in [5.41, 5.74) is 0.179. The molecule has 0 unspecified atom stereocenters. The molecule has 1 aromatic carbocycles. The zero-order chi connectivity index (χ0) is 11.8. The molecule has 0 bridgehead atoms. The Morgan fingerprint density at radius 3 is 2.35 bits per heavy atom. The van der Waals surface area contributed by atoms with Crippen molar-refractivity contribution in [2.75, 3.05) is 6.61 Å². The summed E-state index contributed by atoms with van der Waals surface area (Å²) in [6.45, 7) is 2.85. The van der Waals surface area contributed by atoms with Gasteiger partial charge in [0.1, 0.15) is 5.75 Å². The fourth-order valence-corrected chi connectivity index (χ4v) is 1.41. The lowest BCUT2D eigenvalue weighted by Crippen LogP contribution is -3.00. The highest BCUT2D eigenvalue weighted by atomic mass is 35.5. The monoisotopic (exact) mass is 256 g/mol. The topological polar surface area (TPSA) is 49.4 Å². The lowest BCUT2D eigenvalue weighted by Gasteiger charge is -2.07. The van der Waals surface area contributed by atoms with E-state index in [-0.39, 0.29) is 18.0 Å². The summed E-state index contributed by atoms with van der Waals surface area (Å²) in [5.74, 6) is -0.448. The molecule has 0 amide bonds. The molecule has 0 fully saturated rings. The van der Waals surface area contributed by atoms with Crippen LogP contribution in [0.25, 0.3) is 0 Å². The van der Waals surface area contributed by atoms with Gasteiger partial charge in [0.25, 0.3) is 0 Å². The van der Waals surface area contributed by atoms with Crippen LogP contribution in [0.2, 0.25) is 0 Å². The van der Waals surface area contributed by atoms with Crippen molar-refractivity contribution in [3.05, 3.63) is 29.8 Å². The Bertz CT molecular complexity index is 322. The first kappa shape index (κ1) is 15.8. The summed E-state index contributed by atoms with van der Waals surface area (Å²) in [6.07, 6.45) is 4.65. The van der Waals surface area contributed by atoms with Crippen LogP contribution in [0.15, 0.2) is 24.3 Å². The van der Waals surface area contributed by atoms with Crippen molar-refractivity contribution in [1.82, 2.24) is 0 Å². The molecule has 0 N–H and O–H groups in total. The van der Waals surface area contributed by atoms with Crippen LogP contribution in [0, 0.1) is 0 Å². The van der Waals surface area contributed by atoms with Crippen LogP contribution in [0.5, 0.6) is 5.75 Å². The van der Waals surface area contributed by atoms with Gasteiger partial charge >= 0.3 is 0 Å². The largest absolute Gasteiger partial charge is 1.00 e. The molecule has 0 radical (unpaired) electrons. The summed E-state index contributed by atoms with van der Waals surface area (Å²) >= 11 is 0. The molecule has 3 nitrogen and oxygen atoms in total. The minimum atomic E-state index is -1.16. The molecule has 0 atom stereocenters. The minimum Gasteiger partial charge on any atom is -1.00 e. The Kier molecular flexibility index (Phi) is 8.24. The fraction of sp³-hybridized carbons (Fsp3) is 0.462. The number of carbonyl (C=O) groups excluding carboxylic acids is 1. The summed E-state index contributed by atoms with van der Waals surface area (Å²) < 4.78 is 5.47. The van der Waals surface area contributed by atoms with Gasteiger partial charge in [0.05, 0.1) is 12.6 Å². The van der Waals surface area contributed by atoms with Crippen LogP contribution in [-0.4, -0.2) is 12.6 Å². The first-order chi connectivity index (χ1) is 7.74. The number of carboxylic acid groups (broad SMARTS) is 1. The van der Waals surface area contributed by atoms with Gasteiger partial charge in [-0.05, 0) is 36.2 Å². The molecule has 4 heteroatoms. The van der Waals surface area contributed by atoms with E-state index in [1.165, 1.54) is 31.4 Å². The van der Waals surface area contributed by atoms with Gasteiger partial charge in [-0.15, -0.1) is 0 Å². The highest BCUT2D eigenvalue weighted by Gasteiger charge is 1.96. The van der Waals surface area contributed by atoms with E-state index in [0.717, 1.165) is 6.42 Å². The number of ether oxygens (including phenoxy) is 1. The van der Waals surface area contributed by atoms with E-state index in [4.69, 9.17) is 4.74 Å². The Balaban J connectivity index is 0.00000256. The summed E-state index contributed by atoms with van der Waals surface area (Å²) in [7, 11) is 0. The third kappa shape index (κ3) is 6.17. The number of hydrogen-bond donors (Lipinski definition) is 0. The van der Waals surface area contributed by atoms with Crippen molar-refractivity contribution >= 4 is 5.97 Å². The number of halogens is 1. The predicted molar refractivity (Wildman–Crippen MR) is 60.4 cm³/mol. The van der Waals surface area contributed by atoms with E-state index in [0.29, 0.717) is 12.4 Å². The Labute approximate surface area is 108 Å². The molecule has 0 saturated heterocycles. The van der Waals surface area contributed by atoms with Crippen molar-refractivity contribution in [1.29, 1.82) is 0 Å². The lowest BCUT2D eigenvalue weighted by molar-refractivity contribution is -0.255. The predicted octanol–water partition coefficient (Wildman–Crippen LogP) is -0.987. The van der Waals surface area contributed by atoms with Gasteiger partial charge in [-0.3, -0.25) is 0 Å². The molecule has 0 spiro atoms. The number of hydrogen-bond acceptors (Lipinski definition) is 3. The Morgan fingerprint density at radius 1 is 1.18 bits per heavy atom. The lowest BCUT2D eigenvalue weighted by atomic mass is 10.2. The third-order valence-corrected chi connectivity index (χ3v) is 2.36. The molecule has 17 heavy (non-hydrogen) atoms. The van der Waals surface area contributed by atoms with Crippen molar-refractivity contribution in [2.45, 2.75) is 32.6 Å². The number of carbonyl (C=O) groups is 1. The van der Waals surface area contributed by atoms with E-state index in [2.05, 4.69) is 6.92 Å². The van der Waals surface area contributed by atoms with Crippen molar-refractivity contribution in [3.63, 3.8) is 0 Å². The summed E-state index contributed by atoms with van der Waals surface area (Å²) in [4.78, 5) is 10.5. The molecule has 0 aliphatic heterocycles. The highest BCUT2D eigenvalue weighted by Crippen LogP contribution is 2.12. The van der Waals surface area contributed by atoms with E-state index in [9.17, 15) is 9.90 Å². The second kappa shape index (κ2) is 8.88. The fourth-order valence-electron chi connectivity index (χ4n) is 1.41. The Hall–Kier alpha value is -1.22. The maximum Gasteiger partial charge on any atom is 0.119 e. The van der Waals surface area contributed by atoms with Gasteiger partial charge in [0.15, 0.2) is 0 Å². The van der Waals surface area contributed by atoms with Gasteiger partial charge < -0.3 is 27.0 Å². The molecule has 0 heterocycles. The molecule has 96 valence electrons. The van der Waals surface area contributed by atoms with Crippen LogP contribution < -0.4 is 22.3 Å². The molecule has 0 saturated carbocycles. The molecule has 0 aliphatic carbocycles. The average molecular weight is 257 g/mol. The maximum atomic E-state index is 10.5. The average Bonchev–Trinajstić information content (AvgIpc) is 2.29. The maximum absolute atomic E-state index is 10.5. The summed E-state index contributed by atoms with van der Waals surface area (Å²) in [6, 6.07) is 6.31. The van der Waals surface area contributed by atoms with Gasteiger partial charge in [-0.25, -0.2) is 0 Å². The second-order valence-electron chi connectivity index (χ2n) is 3.72. The molecule has 1 aromatic rings. The first-order valence-corrected chi connectivity index (χ1v) is 5.68. The minimum absolute atomic E-state index is 0. The van der Waals surface area contributed by atoms with E-state index in [1.54, 1.807) is 12.1 Å². The molecular formula is C13H17ClO3-2. The standard InChI is InChI=1S/C13H18O3.ClH/c1-2-3-4-5-10-16-12-8-6-11(7-9-12)13(14)15;/h6-9H,2-5,10H2,1H3,(H,14,15);1H/p-2. The van der Waals surface area contributed by atoms with Crippen LogP contribution >= 0.6 is 0 Å². The molecule has 0 aliphatic rings. The van der Waals surface area contributed by atoms with Crippen LogP contribution in [0.4, 0.5) is 0 Å². The van der Waals surface area contributed by atoms with Crippen LogP contribution in [0.1, 0.15) is 43.0 Å². The SMILES string of the molecule is CCCCCCOc1ccc(C(=O)[O-])cc1.[Cl-]. The second-order valence-corrected chi connectivity index (χ2v) is 3.72. The summed E-state index contributed by atoms with van der Waals surface area (Å²) in [5, 5.41) is 10.5. The smallest absolute Gasteiger partial charge is 0.119 e. The third-order valence-electron chi connectivity index (χ3n) is 2.36. The zero-order valence-electron chi connectivity index (χ0n) is 9.95.